The molecule has 0 fully saturated rings. The third-order valence-electron chi connectivity index (χ3n) is 4.18. The van der Waals surface area contributed by atoms with Crippen LogP contribution < -0.4 is 0 Å². The molecule has 0 N–H and O–H groups in total. The molecule has 0 aromatic rings. The highest BCUT2D eigenvalue weighted by Crippen LogP contribution is 2.65. The van der Waals surface area contributed by atoms with E-state index in [0.29, 0.717) is 12.5 Å². The summed E-state index contributed by atoms with van der Waals surface area (Å²) in [6, 6.07) is 0. The van der Waals surface area contributed by atoms with Crippen molar-refractivity contribution < 1.29 is 91.5 Å². The van der Waals surface area contributed by atoms with E-state index in [0.717, 1.165) is 6.92 Å². The van der Waals surface area contributed by atoms with E-state index < -0.39 is 85.4 Å². The third kappa shape index (κ3) is 5.31. The van der Waals surface area contributed by atoms with E-state index in [9.17, 15) is 87.8 Å². The average Bonchev–Trinajstić information content (AvgIpc) is 2.64. The van der Waals surface area contributed by atoms with E-state index in [1.54, 1.807) is 0 Å². The van der Waals surface area contributed by atoms with Gasteiger partial charge in [-0.2, -0.15) is 83.1 Å². The Labute approximate surface area is 197 Å². The van der Waals surface area contributed by atoms with Crippen LogP contribution in [0.5, 0.6) is 0 Å². The van der Waals surface area contributed by atoms with Crippen LogP contribution >= 0.6 is 10.3 Å². The molecule has 0 heterocycles. The van der Waals surface area contributed by atoms with Gasteiger partial charge in [0, 0.05) is 6.42 Å². The molecule has 37 heavy (non-hydrogen) atoms. The second-order valence-corrected chi connectivity index (χ2v) is 12.6. The molecule has 0 bridgehead atoms. The molecule has 0 amide bonds. The Balaban J connectivity index is 6.88. The molecule has 224 valence electrons. The van der Waals surface area contributed by atoms with Crippen molar-refractivity contribution in [2.75, 3.05) is 18.3 Å². The largest absolute Gasteiger partial charge is 0.460 e. The molecule has 23 heteroatoms. The topological polar surface area (TPSA) is 60.4 Å². The number of carbonyl (C=O) groups is 1. The lowest BCUT2D eigenvalue weighted by Crippen LogP contribution is -2.75. The van der Waals surface area contributed by atoms with E-state index in [-0.39, 0.29) is 0 Å². The van der Waals surface area contributed by atoms with E-state index in [2.05, 4.69) is 3.63 Å². The molecule has 0 aliphatic heterocycles. The Bertz CT molecular complexity index is 969. The summed E-state index contributed by atoms with van der Waals surface area (Å²) in [5.74, 6) is -54.3. The SMILES string of the molecule is CCC(=O)CS(C)(C)OS(=O)(=O)C(F)(F)C(F)(F)C(F)(F)C(F)(F)C(F)(F)C(F)(F)C(F)(F)C(F)(F)F. The number of Topliss-reactive ketones (excluding diaryl/α,β-unsaturated/α-hetero) is 1. The number of ketones is 1. The minimum Gasteiger partial charge on any atom is -0.299 e. The van der Waals surface area contributed by atoms with Gasteiger partial charge in [-0.3, -0.25) is 4.79 Å². The second kappa shape index (κ2) is 9.44. The zero-order chi connectivity index (χ0) is 30.7. The average molecular weight is 632 g/mol. The Kier molecular flexibility index (Phi) is 9.11. The Morgan fingerprint density at radius 3 is 1.19 bits per heavy atom. The number of carbonyl (C=O) groups excluding carboxylic acids is 1. The van der Waals surface area contributed by atoms with Crippen molar-refractivity contribution >= 4 is 26.2 Å². The third-order valence-corrected chi connectivity index (χ3v) is 8.28. The van der Waals surface area contributed by atoms with Crippen molar-refractivity contribution in [1.29, 1.82) is 0 Å². The number of rotatable bonds is 12. The van der Waals surface area contributed by atoms with Gasteiger partial charge in [-0.25, -0.2) is 3.63 Å². The quantitative estimate of drug-likeness (QED) is 0.239. The van der Waals surface area contributed by atoms with Crippen LogP contribution in [0, 0.1) is 0 Å². The van der Waals surface area contributed by atoms with Gasteiger partial charge in [-0.15, -0.1) is 10.3 Å². The first kappa shape index (κ1) is 35.7. The summed E-state index contributed by atoms with van der Waals surface area (Å²) in [4.78, 5) is 11.3. The van der Waals surface area contributed by atoms with Crippen molar-refractivity contribution in [2.24, 2.45) is 0 Å². The molecule has 0 aliphatic carbocycles. The fraction of sp³-hybridized carbons (Fsp3) is 0.929. The first-order chi connectivity index (χ1) is 15.7. The monoisotopic (exact) mass is 632 g/mol. The van der Waals surface area contributed by atoms with E-state index in [4.69, 9.17) is 0 Å². The lowest BCUT2D eigenvalue weighted by atomic mass is 9.91. The number of hydrogen-bond acceptors (Lipinski definition) is 4. The molecule has 0 saturated heterocycles. The summed E-state index contributed by atoms with van der Waals surface area (Å²) >= 11 is 0. The Hall–Kier alpha value is -1.26. The summed E-state index contributed by atoms with van der Waals surface area (Å²) in [6.45, 7) is 1.09. The van der Waals surface area contributed by atoms with Gasteiger partial charge in [0.15, 0.2) is 0 Å². The van der Waals surface area contributed by atoms with Gasteiger partial charge in [-0.05, 0) is 12.5 Å². The molecule has 0 unspecified atom stereocenters. The van der Waals surface area contributed by atoms with Crippen LogP contribution in [0.2, 0.25) is 0 Å². The number of hydrogen-bond donors (Lipinski definition) is 0. The molecular weight excluding hydrogens is 619 g/mol. The van der Waals surface area contributed by atoms with Crippen LogP contribution in [0.4, 0.5) is 74.6 Å². The molecule has 0 radical (unpaired) electrons. The lowest BCUT2D eigenvalue weighted by molar-refractivity contribution is -0.458. The molecular formula is C14H13F17O4S2. The van der Waals surface area contributed by atoms with Crippen LogP contribution in [0.15, 0.2) is 0 Å². The Morgan fingerprint density at radius 2 is 0.892 bits per heavy atom. The first-order valence-electron chi connectivity index (χ1n) is 8.56. The van der Waals surface area contributed by atoms with Crippen molar-refractivity contribution in [3.8, 4) is 0 Å². The van der Waals surface area contributed by atoms with Gasteiger partial charge in [0.25, 0.3) is 0 Å². The molecule has 0 spiro atoms. The zero-order valence-corrected chi connectivity index (χ0v) is 19.4. The van der Waals surface area contributed by atoms with E-state index >= 15 is 0 Å². The van der Waals surface area contributed by atoms with Crippen LogP contribution in [0.1, 0.15) is 13.3 Å². The van der Waals surface area contributed by atoms with Gasteiger partial charge >= 0.3 is 57.1 Å². The zero-order valence-electron chi connectivity index (χ0n) is 17.8. The van der Waals surface area contributed by atoms with Crippen molar-refractivity contribution in [2.45, 2.75) is 60.3 Å². The summed E-state index contributed by atoms with van der Waals surface area (Å²) in [5.41, 5.74) is 0. The lowest BCUT2D eigenvalue weighted by Gasteiger charge is -2.42. The van der Waals surface area contributed by atoms with E-state index in [1.165, 1.54) is 0 Å². The van der Waals surface area contributed by atoms with Crippen molar-refractivity contribution in [1.82, 2.24) is 0 Å². The van der Waals surface area contributed by atoms with Crippen molar-refractivity contribution in [3.05, 3.63) is 0 Å². The first-order valence-corrected chi connectivity index (χ1v) is 12.5. The molecule has 4 nitrogen and oxygen atoms in total. The Morgan fingerprint density at radius 1 is 0.595 bits per heavy atom. The predicted octanol–water partition coefficient (Wildman–Crippen LogP) is 6.26. The van der Waals surface area contributed by atoms with Crippen molar-refractivity contribution in [3.63, 3.8) is 0 Å². The van der Waals surface area contributed by atoms with Gasteiger partial charge < -0.3 is 0 Å². The minimum absolute atomic E-state index is 0.451. The maximum absolute atomic E-state index is 14.0. The highest BCUT2D eigenvalue weighted by atomic mass is 32.3. The fourth-order valence-corrected chi connectivity index (χ4v) is 6.00. The van der Waals surface area contributed by atoms with E-state index in [1.807, 2.05) is 0 Å². The molecule has 0 aromatic heterocycles. The maximum Gasteiger partial charge on any atom is 0.460 e. The molecule has 0 atom stereocenters. The number of halogens is 17. The molecule has 0 aromatic carbocycles. The summed E-state index contributed by atoms with van der Waals surface area (Å²) in [6.07, 6.45) is -7.47. The minimum atomic E-state index is -8.92. The van der Waals surface area contributed by atoms with Crippen LogP contribution in [0.3, 0.4) is 0 Å². The highest BCUT2D eigenvalue weighted by molar-refractivity contribution is 8.32. The summed E-state index contributed by atoms with van der Waals surface area (Å²) in [7, 11) is -11.5. The summed E-state index contributed by atoms with van der Waals surface area (Å²) < 4.78 is 252. The highest BCUT2D eigenvalue weighted by Gasteiger charge is 2.96. The maximum atomic E-state index is 14.0. The fourth-order valence-electron chi connectivity index (χ4n) is 2.11. The summed E-state index contributed by atoms with van der Waals surface area (Å²) in [5, 5.41) is -7.76. The van der Waals surface area contributed by atoms with Crippen LogP contribution in [-0.2, 0) is 18.5 Å². The molecule has 0 saturated carbocycles. The smallest absolute Gasteiger partial charge is 0.299 e. The van der Waals surface area contributed by atoms with Gasteiger partial charge in [0.1, 0.15) is 5.78 Å². The van der Waals surface area contributed by atoms with Crippen LogP contribution in [0.25, 0.3) is 0 Å². The van der Waals surface area contributed by atoms with Gasteiger partial charge in [0.2, 0.25) is 0 Å². The second-order valence-electron chi connectivity index (χ2n) is 7.46. The predicted molar refractivity (Wildman–Crippen MR) is 90.3 cm³/mol. The number of alkyl halides is 17. The normalized spacial score (nSPS) is 16.6. The van der Waals surface area contributed by atoms with Gasteiger partial charge in [0.05, 0.1) is 5.75 Å². The molecule has 0 rings (SSSR count). The van der Waals surface area contributed by atoms with Gasteiger partial charge in [-0.1, -0.05) is 6.92 Å². The molecule has 0 aliphatic rings. The standard InChI is InChI=1S/C14H13F17O4S2/c1-4-6(32)5-36(2,3)35-37(33,34)14(30,31)12(25,26)10(21,22)8(17,18)7(15,16)9(19,20)11(23,24)13(27,28)29/h4-5H2,1-3H3. The van der Waals surface area contributed by atoms with Crippen LogP contribution in [-0.4, -0.2) is 79.4 Å².